The molecule has 0 saturated carbocycles. The molecule has 2 N–H and O–H groups in total. The molecular weight excluding hydrogens is 602 g/mol. The number of carbonyl (C=O) groups is 2. The summed E-state index contributed by atoms with van der Waals surface area (Å²) in [6.07, 6.45) is 3.94. The number of nitrogens with one attached hydrogen (secondary N) is 1. The van der Waals surface area contributed by atoms with Crippen molar-refractivity contribution in [1.29, 1.82) is 0 Å². The molecule has 2 aliphatic heterocycles. The van der Waals surface area contributed by atoms with Crippen LogP contribution in [-0.2, 0) is 25.1 Å². The Kier molecular flexibility index (Phi) is 7.83. The summed E-state index contributed by atoms with van der Waals surface area (Å²) in [5.74, 6) is 0.506. The summed E-state index contributed by atoms with van der Waals surface area (Å²) in [5.41, 5.74) is 2.40. The molecule has 2 saturated heterocycles. The third kappa shape index (κ3) is 5.10. The monoisotopic (exact) mass is 639 g/mol. The number of aryl methyl sites for hydroxylation is 1. The maximum atomic E-state index is 14.2. The summed E-state index contributed by atoms with van der Waals surface area (Å²) in [7, 11) is 0.380. The van der Waals surface area contributed by atoms with E-state index in [1.807, 2.05) is 29.8 Å². The van der Waals surface area contributed by atoms with Crippen LogP contribution in [0.2, 0.25) is 30.7 Å². The lowest BCUT2D eigenvalue weighted by atomic mass is 9.96. The van der Waals surface area contributed by atoms with Gasteiger partial charge in [0.1, 0.15) is 12.4 Å². The van der Waals surface area contributed by atoms with Crippen LogP contribution in [0.15, 0.2) is 23.1 Å². The molecule has 5 heterocycles. The highest BCUT2D eigenvalue weighted by atomic mass is 35.5. The standard InChI is InChI=1S/C30H38ClN7O5Si/c1-6-37-23(15-39)25-20(34-37)9-8-18(26(25)31)19-14-36(16-43-11-12-44(3,4)5)27-24(19)28(40)35(2)29(33-27)38-17-7-10-22(38)21(13-17)32-30(41)42/h8-9,14-15,17,21-22,32H,6-7,10-13,16H2,1-5H3,(H,41,42)/t17-,21+,22+/m0/s1. The van der Waals surface area contributed by atoms with E-state index < -0.39 is 14.2 Å². The van der Waals surface area contributed by atoms with E-state index in [4.69, 9.17) is 21.3 Å². The lowest BCUT2D eigenvalue weighted by Crippen LogP contribution is -2.44. The lowest BCUT2D eigenvalue weighted by molar-refractivity contribution is 0.0899. The number of hydrogen-bond acceptors (Lipinski definition) is 7. The Morgan fingerprint density at radius 2 is 2.00 bits per heavy atom. The van der Waals surface area contributed by atoms with Crippen LogP contribution in [0.1, 0.15) is 36.7 Å². The zero-order valence-corrected chi connectivity index (χ0v) is 27.4. The number of amides is 1. The number of carbonyl (C=O) groups excluding carboxylic acids is 1. The van der Waals surface area contributed by atoms with Crippen molar-refractivity contribution in [3.8, 4) is 11.1 Å². The molecule has 0 radical (unpaired) electrons. The van der Waals surface area contributed by atoms with Crippen molar-refractivity contribution < 1.29 is 19.4 Å². The van der Waals surface area contributed by atoms with Gasteiger partial charge in [-0.2, -0.15) is 10.1 Å². The first-order valence-corrected chi connectivity index (χ1v) is 19.1. The summed E-state index contributed by atoms with van der Waals surface area (Å²) >= 11 is 7.01. The number of nitrogens with zero attached hydrogens (tertiary/aromatic N) is 6. The van der Waals surface area contributed by atoms with E-state index in [0.717, 1.165) is 25.2 Å². The second kappa shape index (κ2) is 11.3. The molecule has 1 aromatic carbocycles. The van der Waals surface area contributed by atoms with Crippen LogP contribution in [0.3, 0.4) is 0 Å². The molecule has 0 spiro atoms. The topological polar surface area (TPSA) is 137 Å². The molecule has 2 aliphatic rings. The maximum Gasteiger partial charge on any atom is 0.404 e. The molecular formula is C30H38ClN7O5Si. The Morgan fingerprint density at radius 1 is 1.23 bits per heavy atom. The number of fused-ring (bicyclic) bond motifs is 4. The van der Waals surface area contributed by atoms with E-state index >= 15 is 0 Å². The number of carboxylic acid groups (broad SMARTS) is 1. The first kappa shape index (κ1) is 30.3. The molecule has 4 aromatic rings. The average Bonchev–Trinajstić information content (AvgIpc) is 3.72. The van der Waals surface area contributed by atoms with Gasteiger partial charge in [0.05, 0.1) is 28.0 Å². The largest absolute Gasteiger partial charge is 0.465 e. The van der Waals surface area contributed by atoms with Crippen LogP contribution in [0.25, 0.3) is 33.1 Å². The van der Waals surface area contributed by atoms with Gasteiger partial charge < -0.3 is 24.6 Å². The van der Waals surface area contributed by atoms with Gasteiger partial charge in [0, 0.05) is 57.0 Å². The van der Waals surface area contributed by atoms with Gasteiger partial charge in [0.2, 0.25) is 5.95 Å². The highest BCUT2D eigenvalue weighted by molar-refractivity contribution is 6.76. The fraction of sp³-hybridized carbons (Fsp3) is 0.500. The SMILES string of the molecule is CCn1nc2ccc(-c3cn(COCC[Si](C)(C)C)c4nc(N5[C@H]6CC[C@@H]5[C@H](NC(=O)O)C6)n(C)c(=O)c34)c(Cl)c2c1C=O. The van der Waals surface area contributed by atoms with Crippen molar-refractivity contribution >= 4 is 59.9 Å². The first-order chi connectivity index (χ1) is 20.9. The summed E-state index contributed by atoms with van der Waals surface area (Å²) in [6.45, 7) is 10.1. The van der Waals surface area contributed by atoms with Gasteiger partial charge in [-0.25, -0.2) is 4.79 Å². The van der Waals surface area contributed by atoms with Crippen LogP contribution >= 0.6 is 11.6 Å². The van der Waals surface area contributed by atoms with Gasteiger partial charge in [0.25, 0.3) is 5.56 Å². The summed E-state index contributed by atoms with van der Waals surface area (Å²) in [6, 6.07) is 4.40. The Balaban J connectivity index is 1.50. The fourth-order valence-electron chi connectivity index (χ4n) is 6.77. The Morgan fingerprint density at radius 3 is 2.68 bits per heavy atom. The molecule has 2 bridgehead atoms. The Hall–Kier alpha value is -3.68. The predicted octanol–water partition coefficient (Wildman–Crippen LogP) is 4.93. The van der Waals surface area contributed by atoms with Gasteiger partial charge in [-0.15, -0.1) is 0 Å². The minimum absolute atomic E-state index is 0.0805. The third-order valence-electron chi connectivity index (χ3n) is 8.96. The van der Waals surface area contributed by atoms with Crippen molar-refractivity contribution in [2.24, 2.45) is 7.05 Å². The number of hydrogen-bond donors (Lipinski definition) is 2. The summed E-state index contributed by atoms with van der Waals surface area (Å²) < 4.78 is 11.1. The Bertz CT molecular complexity index is 1840. The van der Waals surface area contributed by atoms with Gasteiger partial charge in [-0.1, -0.05) is 37.3 Å². The molecule has 0 aliphatic carbocycles. The second-order valence-corrected chi connectivity index (χ2v) is 19.0. The molecule has 1 amide bonds. The van der Waals surface area contributed by atoms with Crippen molar-refractivity contribution in [2.45, 2.75) is 83.3 Å². The number of rotatable bonds is 10. The molecule has 0 unspecified atom stereocenters. The number of aldehydes is 1. The normalized spacial score (nSPS) is 19.9. The molecule has 44 heavy (non-hydrogen) atoms. The van der Waals surface area contributed by atoms with Crippen molar-refractivity contribution in [2.75, 3.05) is 11.5 Å². The average molecular weight is 640 g/mol. The van der Waals surface area contributed by atoms with Crippen molar-refractivity contribution in [3.63, 3.8) is 0 Å². The van der Waals surface area contributed by atoms with Crippen LogP contribution in [0.5, 0.6) is 0 Å². The number of halogens is 1. The molecule has 3 aromatic heterocycles. The van der Waals surface area contributed by atoms with E-state index in [-0.39, 0.29) is 30.4 Å². The van der Waals surface area contributed by atoms with E-state index in [1.165, 1.54) is 0 Å². The minimum Gasteiger partial charge on any atom is -0.465 e. The minimum atomic E-state index is -1.32. The predicted molar refractivity (Wildman–Crippen MR) is 173 cm³/mol. The zero-order valence-electron chi connectivity index (χ0n) is 25.6. The van der Waals surface area contributed by atoms with Gasteiger partial charge in [-0.05, 0) is 38.3 Å². The van der Waals surface area contributed by atoms with E-state index in [2.05, 4.69) is 35.0 Å². The second-order valence-electron chi connectivity index (χ2n) is 13.0. The zero-order chi connectivity index (χ0) is 31.5. The van der Waals surface area contributed by atoms with E-state index in [0.29, 0.717) is 69.3 Å². The highest BCUT2D eigenvalue weighted by Gasteiger charge is 2.48. The molecule has 12 nitrogen and oxygen atoms in total. The van der Waals surface area contributed by atoms with E-state index in [1.54, 1.807) is 16.3 Å². The maximum absolute atomic E-state index is 14.2. The van der Waals surface area contributed by atoms with Crippen molar-refractivity contribution in [3.05, 3.63) is 39.4 Å². The van der Waals surface area contributed by atoms with Crippen LogP contribution in [0, 0.1) is 0 Å². The lowest BCUT2D eigenvalue weighted by Gasteiger charge is -2.26. The van der Waals surface area contributed by atoms with Gasteiger partial charge >= 0.3 is 6.09 Å². The number of aromatic nitrogens is 5. The quantitative estimate of drug-likeness (QED) is 0.142. The smallest absolute Gasteiger partial charge is 0.404 e. The summed E-state index contributed by atoms with van der Waals surface area (Å²) in [5, 5.41) is 17.8. The highest BCUT2D eigenvalue weighted by Crippen LogP contribution is 2.42. The number of ether oxygens (including phenoxy) is 1. The molecule has 6 rings (SSSR count). The molecule has 3 atom stereocenters. The van der Waals surface area contributed by atoms with Gasteiger partial charge in [-0.3, -0.25) is 18.8 Å². The van der Waals surface area contributed by atoms with Crippen LogP contribution < -0.4 is 15.8 Å². The number of anilines is 1. The number of benzene rings is 1. The fourth-order valence-corrected chi connectivity index (χ4v) is 7.88. The van der Waals surface area contributed by atoms with E-state index in [9.17, 15) is 19.5 Å². The van der Waals surface area contributed by atoms with Crippen molar-refractivity contribution in [1.82, 2.24) is 29.2 Å². The van der Waals surface area contributed by atoms with Gasteiger partial charge in [0.15, 0.2) is 11.9 Å². The van der Waals surface area contributed by atoms with Crippen LogP contribution in [0.4, 0.5) is 10.7 Å². The molecule has 2 fully saturated rings. The summed E-state index contributed by atoms with van der Waals surface area (Å²) in [4.78, 5) is 44.9. The Labute approximate surface area is 260 Å². The molecule has 234 valence electrons. The third-order valence-corrected chi connectivity index (χ3v) is 11.1. The molecule has 14 heteroatoms. The first-order valence-electron chi connectivity index (χ1n) is 15.0. The van der Waals surface area contributed by atoms with Crippen LogP contribution in [-0.4, -0.2) is 74.2 Å².